The zero-order valence-corrected chi connectivity index (χ0v) is 19.6. The van der Waals surface area contributed by atoms with Gasteiger partial charge < -0.3 is 25.1 Å². The molecule has 3 aromatic rings. The molecule has 1 aromatic heterocycles. The molecule has 7 heteroatoms. The van der Waals surface area contributed by atoms with Crippen LogP contribution in [0.25, 0.3) is 11.0 Å². The smallest absolute Gasteiger partial charge is 0.237 e. The summed E-state index contributed by atoms with van der Waals surface area (Å²) in [5, 5.41) is 2.84. The largest absolute Gasteiger partial charge is 0.457 e. The minimum Gasteiger partial charge on any atom is -0.457 e. The molecule has 2 aromatic carbocycles. The number of rotatable bonds is 9. The lowest BCUT2D eigenvalue weighted by molar-refractivity contribution is -0.122. The first-order chi connectivity index (χ1) is 15.2. The molecule has 0 saturated carbocycles. The average molecular weight is 439 g/mol. The van der Waals surface area contributed by atoms with E-state index in [2.05, 4.69) is 42.8 Å². The van der Waals surface area contributed by atoms with Crippen molar-refractivity contribution in [1.82, 2.24) is 14.9 Å². The van der Waals surface area contributed by atoms with Gasteiger partial charge in [0.1, 0.15) is 17.3 Å². The molecule has 3 rings (SSSR count). The Kier molecular flexibility index (Phi) is 7.53. The van der Waals surface area contributed by atoms with Crippen molar-refractivity contribution < 1.29 is 14.3 Å². The lowest BCUT2D eigenvalue weighted by atomic mass is 9.87. The molecule has 3 N–H and O–H groups in total. The highest BCUT2D eigenvalue weighted by Gasteiger charge is 2.15. The van der Waals surface area contributed by atoms with Crippen LogP contribution in [-0.4, -0.2) is 34.7 Å². The lowest BCUT2D eigenvalue weighted by Crippen LogP contribution is -2.38. The Labute approximate surface area is 189 Å². The summed E-state index contributed by atoms with van der Waals surface area (Å²) in [7, 11) is 0. The second-order valence-electron chi connectivity index (χ2n) is 8.91. The summed E-state index contributed by atoms with van der Waals surface area (Å²) in [6.07, 6.45) is 0. The van der Waals surface area contributed by atoms with Crippen LogP contribution >= 0.6 is 0 Å². The Bertz CT molecular complexity index is 1050. The molecule has 0 radical (unpaired) electrons. The van der Waals surface area contributed by atoms with Crippen molar-refractivity contribution in [3.05, 3.63) is 53.9 Å². The van der Waals surface area contributed by atoms with Gasteiger partial charge >= 0.3 is 0 Å². The van der Waals surface area contributed by atoms with Crippen molar-refractivity contribution in [3.63, 3.8) is 0 Å². The SMILES string of the molecule is CCOCCn1c(CNC(=O)[C@H](C)N)nc2ccc(Oc3ccc(C(C)(C)C)cc3)cc21. The molecule has 0 spiro atoms. The van der Waals surface area contributed by atoms with Crippen molar-refractivity contribution >= 4 is 16.9 Å². The molecule has 0 unspecified atom stereocenters. The molecular weight excluding hydrogens is 404 g/mol. The van der Waals surface area contributed by atoms with Crippen molar-refractivity contribution in [2.45, 2.75) is 59.2 Å². The summed E-state index contributed by atoms with van der Waals surface area (Å²) in [6, 6.07) is 13.4. The number of fused-ring (bicyclic) bond motifs is 1. The van der Waals surface area contributed by atoms with E-state index in [-0.39, 0.29) is 11.3 Å². The van der Waals surface area contributed by atoms with Crippen LogP contribution in [0.4, 0.5) is 0 Å². The van der Waals surface area contributed by atoms with Crippen LogP contribution in [0.15, 0.2) is 42.5 Å². The van der Waals surface area contributed by atoms with Gasteiger partial charge in [0.15, 0.2) is 0 Å². The number of ether oxygens (including phenoxy) is 2. The summed E-state index contributed by atoms with van der Waals surface area (Å²) < 4.78 is 13.7. The molecule has 32 heavy (non-hydrogen) atoms. The summed E-state index contributed by atoms with van der Waals surface area (Å²) in [6.45, 7) is 12.3. The number of nitrogens with zero attached hydrogens (tertiary/aromatic N) is 2. The molecule has 7 nitrogen and oxygen atoms in total. The topological polar surface area (TPSA) is 91.4 Å². The van der Waals surface area contributed by atoms with Gasteiger partial charge in [-0.1, -0.05) is 32.9 Å². The van der Waals surface area contributed by atoms with Crippen LogP contribution in [0, 0.1) is 0 Å². The number of hydrogen-bond acceptors (Lipinski definition) is 5. The van der Waals surface area contributed by atoms with Gasteiger partial charge in [-0.3, -0.25) is 4.79 Å². The molecule has 1 atom stereocenters. The molecule has 0 aliphatic heterocycles. The highest BCUT2D eigenvalue weighted by atomic mass is 16.5. The maximum atomic E-state index is 11.9. The normalized spacial score (nSPS) is 12.7. The van der Waals surface area contributed by atoms with Gasteiger partial charge in [0.05, 0.1) is 30.2 Å². The number of nitrogens with two attached hydrogens (primary N) is 1. The first-order valence-electron chi connectivity index (χ1n) is 11.1. The van der Waals surface area contributed by atoms with E-state index in [1.54, 1.807) is 6.92 Å². The monoisotopic (exact) mass is 438 g/mol. The molecule has 0 aliphatic carbocycles. The summed E-state index contributed by atoms with van der Waals surface area (Å²) in [5.74, 6) is 2.04. The van der Waals surface area contributed by atoms with E-state index in [1.165, 1.54) is 5.56 Å². The Morgan fingerprint density at radius 1 is 1.16 bits per heavy atom. The van der Waals surface area contributed by atoms with E-state index in [1.807, 2.05) is 37.3 Å². The fourth-order valence-electron chi connectivity index (χ4n) is 3.39. The van der Waals surface area contributed by atoms with Crippen LogP contribution in [-0.2, 0) is 28.0 Å². The van der Waals surface area contributed by atoms with E-state index >= 15 is 0 Å². The van der Waals surface area contributed by atoms with E-state index in [4.69, 9.17) is 20.2 Å². The Morgan fingerprint density at radius 2 is 1.84 bits per heavy atom. The number of carbonyl (C=O) groups is 1. The van der Waals surface area contributed by atoms with Gasteiger partial charge in [-0.05, 0) is 49.1 Å². The molecule has 0 bridgehead atoms. The fraction of sp³-hybridized carbons (Fsp3) is 0.440. The van der Waals surface area contributed by atoms with Gasteiger partial charge in [0, 0.05) is 19.2 Å². The van der Waals surface area contributed by atoms with Crippen molar-refractivity contribution in [2.24, 2.45) is 5.73 Å². The number of carbonyl (C=O) groups excluding carboxylic acids is 1. The van der Waals surface area contributed by atoms with E-state index < -0.39 is 6.04 Å². The van der Waals surface area contributed by atoms with Gasteiger partial charge in [0.25, 0.3) is 0 Å². The van der Waals surface area contributed by atoms with Gasteiger partial charge in [-0.15, -0.1) is 0 Å². The van der Waals surface area contributed by atoms with Gasteiger partial charge in [-0.2, -0.15) is 0 Å². The highest BCUT2D eigenvalue weighted by Crippen LogP contribution is 2.29. The van der Waals surface area contributed by atoms with E-state index in [9.17, 15) is 4.79 Å². The number of aromatic nitrogens is 2. The number of hydrogen-bond donors (Lipinski definition) is 2. The summed E-state index contributed by atoms with van der Waals surface area (Å²) in [4.78, 5) is 16.6. The summed E-state index contributed by atoms with van der Waals surface area (Å²) >= 11 is 0. The van der Waals surface area contributed by atoms with Crippen molar-refractivity contribution in [1.29, 1.82) is 0 Å². The first kappa shape index (κ1) is 23.8. The minimum atomic E-state index is -0.569. The highest BCUT2D eigenvalue weighted by molar-refractivity contribution is 5.81. The van der Waals surface area contributed by atoms with Crippen molar-refractivity contribution in [3.8, 4) is 11.5 Å². The molecule has 0 fully saturated rings. The van der Waals surface area contributed by atoms with E-state index in [0.29, 0.717) is 26.3 Å². The zero-order valence-electron chi connectivity index (χ0n) is 19.6. The summed E-state index contributed by atoms with van der Waals surface area (Å²) in [5.41, 5.74) is 8.78. The van der Waals surface area contributed by atoms with Crippen LogP contribution in [0.1, 0.15) is 46.0 Å². The predicted octanol–water partition coefficient (Wildman–Crippen LogP) is 4.13. The number of benzene rings is 2. The third-order valence-electron chi connectivity index (χ3n) is 5.25. The lowest BCUT2D eigenvalue weighted by Gasteiger charge is -2.19. The molecule has 1 amide bonds. The van der Waals surface area contributed by atoms with Crippen LogP contribution in [0.5, 0.6) is 11.5 Å². The third-order valence-corrected chi connectivity index (χ3v) is 5.25. The molecule has 172 valence electrons. The predicted molar refractivity (Wildman–Crippen MR) is 127 cm³/mol. The Balaban J connectivity index is 1.86. The number of imidazole rings is 1. The molecule has 0 aliphatic rings. The maximum Gasteiger partial charge on any atom is 0.237 e. The maximum absolute atomic E-state index is 11.9. The van der Waals surface area contributed by atoms with E-state index in [0.717, 1.165) is 28.4 Å². The standard InChI is InChI=1S/C25H34N4O3/c1-6-31-14-13-29-22-15-20(32-19-9-7-18(8-10-19)25(3,4)5)11-12-21(22)28-23(29)16-27-24(30)17(2)26/h7-12,15,17H,6,13-14,16,26H2,1-5H3,(H,27,30)/t17-/m0/s1. The number of amides is 1. The first-order valence-corrected chi connectivity index (χ1v) is 11.1. The van der Waals surface area contributed by atoms with Crippen molar-refractivity contribution in [2.75, 3.05) is 13.2 Å². The zero-order chi connectivity index (χ0) is 23.3. The number of nitrogens with one attached hydrogen (secondary N) is 1. The fourth-order valence-corrected chi connectivity index (χ4v) is 3.39. The molecular formula is C25H34N4O3. The van der Waals surface area contributed by atoms with Crippen LogP contribution in [0.2, 0.25) is 0 Å². The molecule has 1 heterocycles. The Hall–Kier alpha value is -2.90. The second-order valence-corrected chi connectivity index (χ2v) is 8.91. The van der Waals surface area contributed by atoms with Crippen LogP contribution < -0.4 is 15.8 Å². The van der Waals surface area contributed by atoms with Gasteiger partial charge in [0.2, 0.25) is 5.91 Å². The quantitative estimate of drug-likeness (QED) is 0.490. The third kappa shape index (κ3) is 5.87. The Morgan fingerprint density at radius 3 is 2.47 bits per heavy atom. The second kappa shape index (κ2) is 10.1. The van der Waals surface area contributed by atoms with Crippen LogP contribution in [0.3, 0.4) is 0 Å². The average Bonchev–Trinajstić information content (AvgIpc) is 3.08. The minimum absolute atomic E-state index is 0.0953. The molecule has 0 saturated heterocycles. The van der Waals surface area contributed by atoms with Gasteiger partial charge in [-0.25, -0.2) is 4.98 Å².